The van der Waals surface area contributed by atoms with Crippen molar-refractivity contribution in [3.8, 4) is 0 Å². The zero-order chi connectivity index (χ0) is 12.4. The van der Waals surface area contributed by atoms with Crippen molar-refractivity contribution in [2.45, 2.75) is 13.0 Å². The molecule has 3 rings (SSSR count). The number of rotatable bonds is 4. The number of aromatic nitrogens is 3. The highest BCUT2D eigenvalue weighted by molar-refractivity contribution is 7.18. The maximum atomic E-state index is 5.51. The molecule has 4 nitrogen and oxygen atoms in total. The van der Waals surface area contributed by atoms with Gasteiger partial charge in [-0.2, -0.15) is 0 Å². The van der Waals surface area contributed by atoms with Gasteiger partial charge in [0, 0.05) is 12.6 Å². The van der Waals surface area contributed by atoms with Gasteiger partial charge < -0.3 is 10.3 Å². The third kappa shape index (κ3) is 2.27. The smallest absolute Gasteiger partial charge is 0.114 e. The van der Waals surface area contributed by atoms with Crippen LogP contribution in [0.5, 0.6) is 0 Å². The van der Waals surface area contributed by atoms with Crippen LogP contribution in [0.3, 0.4) is 0 Å². The summed E-state index contributed by atoms with van der Waals surface area (Å²) >= 11 is 1.73. The van der Waals surface area contributed by atoms with E-state index in [1.807, 2.05) is 30.7 Å². The Balaban J connectivity index is 1.82. The van der Waals surface area contributed by atoms with Crippen molar-refractivity contribution in [1.82, 2.24) is 14.5 Å². The first-order valence-corrected chi connectivity index (χ1v) is 6.72. The van der Waals surface area contributed by atoms with E-state index in [4.69, 9.17) is 5.73 Å². The van der Waals surface area contributed by atoms with Gasteiger partial charge in [-0.15, -0.1) is 11.3 Å². The lowest BCUT2D eigenvalue weighted by Crippen LogP contribution is -2.02. The minimum absolute atomic E-state index is 0.637. The van der Waals surface area contributed by atoms with Gasteiger partial charge in [0.1, 0.15) is 5.01 Å². The van der Waals surface area contributed by atoms with Gasteiger partial charge in [0.15, 0.2) is 0 Å². The lowest BCUT2D eigenvalue weighted by atomic mass is 10.3. The summed E-state index contributed by atoms with van der Waals surface area (Å²) in [5.41, 5.74) is 7.62. The number of thiazole rings is 1. The van der Waals surface area contributed by atoms with Crippen LogP contribution in [0, 0.1) is 0 Å². The van der Waals surface area contributed by atoms with Gasteiger partial charge in [-0.05, 0) is 18.7 Å². The predicted molar refractivity (Wildman–Crippen MR) is 73.7 cm³/mol. The first kappa shape index (κ1) is 11.4. The zero-order valence-corrected chi connectivity index (χ0v) is 10.7. The molecule has 1 aromatic carbocycles. The summed E-state index contributed by atoms with van der Waals surface area (Å²) in [6.45, 7) is 1.41. The highest BCUT2D eigenvalue weighted by atomic mass is 32.1. The van der Waals surface area contributed by atoms with Gasteiger partial charge in [0.2, 0.25) is 0 Å². The molecule has 0 amide bonds. The van der Waals surface area contributed by atoms with Gasteiger partial charge in [-0.3, -0.25) is 0 Å². The third-order valence-corrected chi connectivity index (χ3v) is 3.76. The molecule has 0 spiro atoms. The van der Waals surface area contributed by atoms with Crippen LogP contribution in [0.15, 0.2) is 36.8 Å². The molecule has 5 heteroatoms. The van der Waals surface area contributed by atoms with Crippen LogP contribution in [-0.2, 0) is 13.0 Å². The predicted octanol–water partition coefficient (Wildman–Crippen LogP) is 2.04. The third-order valence-electron chi connectivity index (χ3n) is 2.74. The second-order valence-corrected chi connectivity index (χ2v) is 5.27. The molecule has 0 fully saturated rings. The standard InChI is InChI=1S/C13H14N4S/c14-6-5-10-7-17(9-15-10)8-13-16-11-3-1-2-4-12(11)18-13/h1-4,7,9H,5-6,8,14H2. The van der Waals surface area contributed by atoms with Crippen LogP contribution in [0.1, 0.15) is 10.7 Å². The van der Waals surface area contributed by atoms with E-state index in [2.05, 4.69) is 20.6 Å². The van der Waals surface area contributed by atoms with Crippen molar-refractivity contribution in [2.24, 2.45) is 5.73 Å². The van der Waals surface area contributed by atoms with Crippen LogP contribution in [0.25, 0.3) is 10.2 Å². The Bertz CT molecular complexity index is 623. The lowest BCUT2D eigenvalue weighted by Gasteiger charge is -1.96. The Labute approximate surface area is 109 Å². The largest absolute Gasteiger partial charge is 0.330 e. The van der Waals surface area contributed by atoms with Crippen LogP contribution in [-0.4, -0.2) is 21.1 Å². The van der Waals surface area contributed by atoms with Crippen LogP contribution in [0.4, 0.5) is 0 Å². The number of hydrogen-bond acceptors (Lipinski definition) is 4. The van der Waals surface area contributed by atoms with Gasteiger partial charge in [0.05, 0.1) is 28.8 Å². The van der Waals surface area contributed by atoms with Gasteiger partial charge in [-0.25, -0.2) is 9.97 Å². The molecule has 0 aliphatic carbocycles. The van der Waals surface area contributed by atoms with Crippen molar-refractivity contribution in [3.63, 3.8) is 0 Å². The summed E-state index contributed by atoms with van der Waals surface area (Å²) < 4.78 is 3.29. The average Bonchev–Trinajstić information content (AvgIpc) is 2.96. The molecule has 0 aliphatic rings. The molecule has 0 radical (unpaired) electrons. The minimum Gasteiger partial charge on any atom is -0.330 e. The fraction of sp³-hybridized carbons (Fsp3) is 0.231. The van der Waals surface area contributed by atoms with Gasteiger partial charge >= 0.3 is 0 Å². The lowest BCUT2D eigenvalue weighted by molar-refractivity contribution is 0.791. The molecule has 0 saturated carbocycles. The summed E-state index contributed by atoms with van der Waals surface area (Å²) in [7, 11) is 0. The Morgan fingerprint density at radius 2 is 2.17 bits per heavy atom. The molecule has 2 heterocycles. The number of nitrogens with two attached hydrogens (primary N) is 1. The number of imidazole rings is 1. The monoisotopic (exact) mass is 258 g/mol. The van der Waals surface area contributed by atoms with Crippen molar-refractivity contribution >= 4 is 21.6 Å². The summed E-state index contributed by atoms with van der Waals surface area (Å²) in [5.74, 6) is 0. The molecule has 92 valence electrons. The molecule has 0 unspecified atom stereocenters. The average molecular weight is 258 g/mol. The maximum absolute atomic E-state index is 5.51. The normalized spacial score (nSPS) is 11.2. The van der Waals surface area contributed by atoms with E-state index in [0.717, 1.165) is 29.2 Å². The van der Waals surface area contributed by atoms with E-state index >= 15 is 0 Å². The maximum Gasteiger partial charge on any atom is 0.114 e. The molecule has 2 aromatic heterocycles. The van der Waals surface area contributed by atoms with E-state index in [9.17, 15) is 0 Å². The summed E-state index contributed by atoms with van der Waals surface area (Å²) in [4.78, 5) is 8.92. The second-order valence-electron chi connectivity index (χ2n) is 4.15. The van der Waals surface area contributed by atoms with Crippen LogP contribution < -0.4 is 5.73 Å². The highest BCUT2D eigenvalue weighted by Gasteiger charge is 2.04. The summed E-state index contributed by atoms with van der Waals surface area (Å²) in [6.07, 6.45) is 4.71. The van der Waals surface area contributed by atoms with Crippen molar-refractivity contribution in [2.75, 3.05) is 6.54 Å². The Morgan fingerprint density at radius 1 is 1.28 bits per heavy atom. The molecule has 18 heavy (non-hydrogen) atoms. The van der Waals surface area contributed by atoms with Crippen molar-refractivity contribution < 1.29 is 0 Å². The Hall–Kier alpha value is -1.72. The first-order chi connectivity index (χ1) is 8.85. The van der Waals surface area contributed by atoms with E-state index in [1.54, 1.807) is 11.3 Å². The number of hydrogen-bond donors (Lipinski definition) is 1. The Kier molecular flexibility index (Phi) is 3.08. The molecule has 0 aliphatic heterocycles. The fourth-order valence-corrected chi connectivity index (χ4v) is 2.89. The molecule has 3 aromatic rings. The van der Waals surface area contributed by atoms with E-state index in [0.29, 0.717) is 6.54 Å². The summed E-state index contributed by atoms with van der Waals surface area (Å²) in [6, 6.07) is 8.20. The topological polar surface area (TPSA) is 56.7 Å². The molecule has 0 saturated heterocycles. The van der Waals surface area contributed by atoms with Crippen molar-refractivity contribution in [3.05, 3.63) is 47.5 Å². The zero-order valence-electron chi connectivity index (χ0n) is 9.91. The molecule has 0 bridgehead atoms. The first-order valence-electron chi connectivity index (χ1n) is 5.90. The van der Waals surface area contributed by atoms with Crippen LogP contribution in [0.2, 0.25) is 0 Å². The van der Waals surface area contributed by atoms with E-state index in [1.165, 1.54) is 4.70 Å². The van der Waals surface area contributed by atoms with Gasteiger partial charge in [0.25, 0.3) is 0 Å². The second kappa shape index (κ2) is 4.88. The number of fused-ring (bicyclic) bond motifs is 1. The summed E-state index contributed by atoms with van der Waals surface area (Å²) in [5, 5.41) is 1.10. The quantitative estimate of drug-likeness (QED) is 0.779. The molecular weight excluding hydrogens is 244 g/mol. The van der Waals surface area contributed by atoms with E-state index in [-0.39, 0.29) is 0 Å². The van der Waals surface area contributed by atoms with Gasteiger partial charge in [-0.1, -0.05) is 12.1 Å². The number of para-hydroxylation sites is 1. The molecular formula is C13H14N4S. The highest BCUT2D eigenvalue weighted by Crippen LogP contribution is 2.22. The number of nitrogens with zero attached hydrogens (tertiary/aromatic N) is 3. The SMILES string of the molecule is NCCc1cn(Cc2nc3ccccc3s2)cn1. The minimum atomic E-state index is 0.637. The molecule has 0 atom stereocenters. The van der Waals surface area contributed by atoms with Crippen LogP contribution >= 0.6 is 11.3 Å². The fourth-order valence-electron chi connectivity index (χ4n) is 1.91. The number of benzene rings is 1. The van der Waals surface area contributed by atoms with Crippen molar-refractivity contribution in [1.29, 1.82) is 0 Å². The van der Waals surface area contributed by atoms with E-state index < -0.39 is 0 Å². The Morgan fingerprint density at radius 3 is 3.00 bits per heavy atom. The molecule has 2 N–H and O–H groups in total.